The molecule has 2 rings (SSSR count). The molecule has 122 valence electrons. The van der Waals surface area contributed by atoms with E-state index in [1.54, 1.807) is 7.11 Å². The van der Waals surface area contributed by atoms with Crippen LogP contribution in [0, 0.1) is 13.8 Å². The van der Waals surface area contributed by atoms with Gasteiger partial charge in [0.2, 0.25) is 0 Å². The molecule has 0 unspecified atom stereocenters. The Hall–Kier alpha value is -2.69. The first-order valence-corrected chi connectivity index (χ1v) is 7.48. The van der Waals surface area contributed by atoms with Crippen LogP contribution in [0.4, 0.5) is 10.5 Å². The first-order valence-electron chi connectivity index (χ1n) is 7.48. The lowest BCUT2D eigenvalue weighted by atomic mass is 10.2. The van der Waals surface area contributed by atoms with Gasteiger partial charge < -0.3 is 20.1 Å². The van der Waals surface area contributed by atoms with Gasteiger partial charge in [0, 0.05) is 5.69 Å². The van der Waals surface area contributed by atoms with Crippen LogP contribution >= 0.6 is 0 Å². The van der Waals surface area contributed by atoms with Crippen LogP contribution < -0.4 is 20.1 Å². The number of aryl methyl sites for hydroxylation is 2. The minimum absolute atomic E-state index is 0.251. The average molecular weight is 314 g/mol. The van der Waals surface area contributed by atoms with Crippen molar-refractivity contribution in [1.82, 2.24) is 5.32 Å². The molecule has 0 saturated heterocycles. The SMILES string of the molecule is COc1cc(C)ccc1OCCNC(=O)Nc1ccccc1C. The number of carbonyl (C=O) groups is 1. The largest absolute Gasteiger partial charge is 0.493 e. The van der Waals surface area contributed by atoms with Gasteiger partial charge in [-0.3, -0.25) is 0 Å². The van der Waals surface area contributed by atoms with Crippen molar-refractivity contribution in [3.05, 3.63) is 53.6 Å². The van der Waals surface area contributed by atoms with Crippen LogP contribution in [0.5, 0.6) is 11.5 Å². The Morgan fingerprint density at radius 1 is 1.09 bits per heavy atom. The maximum Gasteiger partial charge on any atom is 0.319 e. The van der Waals surface area contributed by atoms with Gasteiger partial charge in [0.25, 0.3) is 0 Å². The monoisotopic (exact) mass is 314 g/mol. The molecule has 2 aromatic carbocycles. The molecular formula is C18H22N2O3. The number of benzene rings is 2. The van der Waals surface area contributed by atoms with Crippen LogP contribution in [0.3, 0.4) is 0 Å². The molecule has 23 heavy (non-hydrogen) atoms. The molecule has 0 aliphatic rings. The van der Waals surface area contributed by atoms with Gasteiger partial charge >= 0.3 is 6.03 Å². The van der Waals surface area contributed by atoms with Crippen molar-refractivity contribution in [2.75, 3.05) is 25.6 Å². The van der Waals surface area contributed by atoms with Crippen LogP contribution in [-0.2, 0) is 0 Å². The molecule has 0 heterocycles. The van der Waals surface area contributed by atoms with E-state index >= 15 is 0 Å². The van der Waals surface area contributed by atoms with Gasteiger partial charge in [-0.05, 0) is 43.2 Å². The highest BCUT2D eigenvalue weighted by Gasteiger charge is 2.06. The number of methoxy groups -OCH3 is 1. The van der Waals surface area contributed by atoms with E-state index in [4.69, 9.17) is 9.47 Å². The summed E-state index contributed by atoms with van der Waals surface area (Å²) < 4.78 is 10.9. The van der Waals surface area contributed by atoms with E-state index in [2.05, 4.69) is 10.6 Å². The minimum atomic E-state index is -0.251. The number of hydrogen-bond acceptors (Lipinski definition) is 3. The fourth-order valence-electron chi connectivity index (χ4n) is 2.10. The second kappa shape index (κ2) is 8.08. The fourth-order valence-corrected chi connectivity index (χ4v) is 2.10. The fraction of sp³-hybridized carbons (Fsp3) is 0.278. The maximum atomic E-state index is 11.8. The normalized spacial score (nSPS) is 10.0. The molecular weight excluding hydrogens is 292 g/mol. The van der Waals surface area contributed by atoms with Crippen LogP contribution in [0.1, 0.15) is 11.1 Å². The molecule has 0 spiro atoms. The van der Waals surface area contributed by atoms with Gasteiger partial charge in [-0.25, -0.2) is 4.79 Å². The van der Waals surface area contributed by atoms with Crippen molar-refractivity contribution >= 4 is 11.7 Å². The average Bonchev–Trinajstić information content (AvgIpc) is 2.54. The summed E-state index contributed by atoms with van der Waals surface area (Å²) in [6, 6.07) is 13.1. The molecule has 0 atom stereocenters. The number of hydrogen-bond donors (Lipinski definition) is 2. The summed E-state index contributed by atoms with van der Waals surface area (Å²) in [5.41, 5.74) is 2.92. The molecule has 5 nitrogen and oxygen atoms in total. The molecule has 0 aromatic heterocycles. The number of para-hydroxylation sites is 1. The Bertz CT molecular complexity index is 671. The minimum Gasteiger partial charge on any atom is -0.493 e. The van der Waals surface area contributed by atoms with E-state index in [-0.39, 0.29) is 6.03 Å². The zero-order chi connectivity index (χ0) is 16.7. The molecule has 0 saturated carbocycles. The van der Waals surface area contributed by atoms with Crippen molar-refractivity contribution in [3.8, 4) is 11.5 Å². The zero-order valence-corrected chi connectivity index (χ0v) is 13.7. The summed E-state index contributed by atoms with van der Waals surface area (Å²) in [5.74, 6) is 1.36. The zero-order valence-electron chi connectivity index (χ0n) is 13.7. The summed E-state index contributed by atoms with van der Waals surface area (Å²) in [7, 11) is 1.61. The van der Waals surface area contributed by atoms with Crippen molar-refractivity contribution < 1.29 is 14.3 Å². The lowest BCUT2D eigenvalue weighted by Gasteiger charge is -2.12. The number of urea groups is 1. The predicted molar refractivity (Wildman–Crippen MR) is 91.4 cm³/mol. The summed E-state index contributed by atoms with van der Waals surface area (Å²) in [5, 5.41) is 5.57. The highest BCUT2D eigenvalue weighted by atomic mass is 16.5. The predicted octanol–water partition coefficient (Wildman–Crippen LogP) is 3.51. The summed E-state index contributed by atoms with van der Waals surface area (Å²) in [6.07, 6.45) is 0. The third-order valence-electron chi connectivity index (χ3n) is 3.36. The van der Waals surface area contributed by atoms with Gasteiger partial charge in [-0.15, -0.1) is 0 Å². The van der Waals surface area contributed by atoms with Gasteiger partial charge in [0.05, 0.1) is 13.7 Å². The van der Waals surface area contributed by atoms with Crippen LogP contribution in [0.15, 0.2) is 42.5 Å². The van der Waals surface area contributed by atoms with Gasteiger partial charge in [-0.1, -0.05) is 24.3 Å². The first kappa shape index (κ1) is 16.7. The van der Waals surface area contributed by atoms with Crippen molar-refractivity contribution in [1.29, 1.82) is 0 Å². The number of ether oxygens (including phenoxy) is 2. The summed E-state index contributed by atoms with van der Waals surface area (Å²) in [6.45, 7) is 4.70. The topological polar surface area (TPSA) is 59.6 Å². The summed E-state index contributed by atoms with van der Waals surface area (Å²) in [4.78, 5) is 11.8. The van der Waals surface area contributed by atoms with Crippen LogP contribution in [-0.4, -0.2) is 26.3 Å². The van der Waals surface area contributed by atoms with Crippen molar-refractivity contribution in [3.63, 3.8) is 0 Å². The molecule has 2 aromatic rings. The molecule has 0 aliphatic heterocycles. The Morgan fingerprint density at radius 3 is 2.61 bits per heavy atom. The number of nitrogens with one attached hydrogen (secondary N) is 2. The second-order valence-corrected chi connectivity index (χ2v) is 5.20. The van der Waals surface area contributed by atoms with E-state index in [9.17, 15) is 4.79 Å². The second-order valence-electron chi connectivity index (χ2n) is 5.20. The van der Waals surface area contributed by atoms with Gasteiger partial charge in [-0.2, -0.15) is 0 Å². The Kier molecular flexibility index (Phi) is 5.86. The Labute approximate surface area is 136 Å². The highest BCUT2D eigenvalue weighted by molar-refractivity contribution is 5.89. The molecule has 0 bridgehead atoms. The van der Waals surface area contributed by atoms with E-state index in [0.717, 1.165) is 16.8 Å². The third-order valence-corrected chi connectivity index (χ3v) is 3.36. The van der Waals surface area contributed by atoms with E-state index in [0.29, 0.717) is 24.7 Å². The highest BCUT2D eigenvalue weighted by Crippen LogP contribution is 2.27. The lowest BCUT2D eigenvalue weighted by molar-refractivity contribution is 0.246. The van der Waals surface area contributed by atoms with E-state index in [1.165, 1.54) is 0 Å². The number of anilines is 1. The van der Waals surface area contributed by atoms with Crippen molar-refractivity contribution in [2.24, 2.45) is 0 Å². The Morgan fingerprint density at radius 2 is 1.87 bits per heavy atom. The number of carbonyl (C=O) groups excluding carboxylic acids is 1. The molecule has 0 radical (unpaired) electrons. The van der Waals surface area contributed by atoms with E-state index in [1.807, 2.05) is 56.3 Å². The number of rotatable bonds is 6. The molecule has 5 heteroatoms. The quantitative estimate of drug-likeness (QED) is 0.802. The van der Waals surface area contributed by atoms with Crippen LogP contribution in [0.2, 0.25) is 0 Å². The van der Waals surface area contributed by atoms with Crippen LogP contribution in [0.25, 0.3) is 0 Å². The van der Waals surface area contributed by atoms with Gasteiger partial charge in [0.1, 0.15) is 6.61 Å². The molecule has 0 fully saturated rings. The molecule has 0 aliphatic carbocycles. The van der Waals surface area contributed by atoms with Gasteiger partial charge in [0.15, 0.2) is 11.5 Å². The smallest absolute Gasteiger partial charge is 0.319 e. The van der Waals surface area contributed by atoms with E-state index < -0.39 is 0 Å². The standard InChI is InChI=1S/C18H22N2O3/c1-13-8-9-16(17(12-13)22-3)23-11-10-19-18(21)20-15-7-5-4-6-14(15)2/h4-9,12H,10-11H2,1-3H3,(H2,19,20,21). The molecule has 2 N–H and O–H groups in total. The number of amides is 2. The first-order chi connectivity index (χ1) is 11.1. The third kappa shape index (κ3) is 4.92. The Balaban J connectivity index is 1.77. The van der Waals surface area contributed by atoms with Crippen molar-refractivity contribution in [2.45, 2.75) is 13.8 Å². The lowest BCUT2D eigenvalue weighted by Crippen LogP contribution is -2.32. The molecule has 2 amide bonds. The summed E-state index contributed by atoms with van der Waals surface area (Å²) >= 11 is 0. The maximum absolute atomic E-state index is 11.8.